The molecule has 0 atom stereocenters. The summed E-state index contributed by atoms with van der Waals surface area (Å²) in [5.41, 5.74) is 1.84. The van der Waals surface area contributed by atoms with E-state index in [1.165, 1.54) is 4.88 Å². The van der Waals surface area contributed by atoms with E-state index in [1.807, 2.05) is 13.0 Å². The van der Waals surface area contributed by atoms with Crippen LogP contribution in [0, 0.1) is 6.92 Å². The smallest absolute Gasteiger partial charge is 0.200 e. The number of thiophene rings is 1. The molecule has 0 saturated carbocycles. The van der Waals surface area contributed by atoms with Crippen molar-refractivity contribution in [3.8, 4) is 0 Å². The highest BCUT2D eigenvalue weighted by Gasteiger charge is 2.14. The van der Waals surface area contributed by atoms with Crippen molar-refractivity contribution in [2.75, 3.05) is 0 Å². The second-order valence-electron chi connectivity index (χ2n) is 6.04. The van der Waals surface area contributed by atoms with Gasteiger partial charge >= 0.3 is 0 Å². The Morgan fingerprint density at radius 1 is 1.08 bits per heavy atom. The van der Waals surface area contributed by atoms with E-state index in [0.717, 1.165) is 48.3 Å². The predicted molar refractivity (Wildman–Crippen MR) is 106 cm³/mol. The summed E-state index contributed by atoms with van der Waals surface area (Å²) in [6.07, 6.45) is 4.97. The maximum atomic E-state index is 12.5. The van der Waals surface area contributed by atoms with Crippen molar-refractivity contribution in [2.45, 2.75) is 57.8 Å². The third kappa shape index (κ3) is 5.68. The molecule has 0 aliphatic rings. The molecule has 0 bridgehead atoms. The lowest BCUT2D eigenvalue weighted by atomic mass is 10.1. The molecule has 6 heteroatoms. The summed E-state index contributed by atoms with van der Waals surface area (Å²) in [5.74, 6) is 0. The molecule has 1 N–H and O–H groups in total. The third-order valence-corrected chi connectivity index (χ3v) is 6.45. The highest BCUT2D eigenvalue weighted by Crippen LogP contribution is 2.20. The molecule has 0 fully saturated rings. The first-order valence-electron chi connectivity index (χ1n) is 8.70. The number of unbranched alkanes of at least 4 members (excludes halogenated alkanes) is 2. The summed E-state index contributed by atoms with van der Waals surface area (Å²) in [4.78, 5) is 4.96. The fourth-order valence-corrected chi connectivity index (χ4v) is 4.18. The molecule has 0 spiro atoms. The zero-order valence-corrected chi connectivity index (χ0v) is 16.7. The van der Waals surface area contributed by atoms with Crippen LogP contribution in [0.2, 0.25) is 0 Å². The molecule has 2 aromatic rings. The zero-order valence-electron chi connectivity index (χ0n) is 15.1. The number of nitrogens with one attached hydrogen (secondary N) is 1. The Morgan fingerprint density at radius 2 is 1.80 bits per heavy atom. The van der Waals surface area contributed by atoms with Crippen LogP contribution in [-0.4, -0.2) is 14.1 Å². The first-order chi connectivity index (χ1) is 12.0. The SMILES string of the molecule is CCCCC/C(=N/NS(=O)(=O)c1ccc(C)cc1)c1ccc(CC)s1. The molecule has 0 unspecified atom stereocenters. The summed E-state index contributed by atoms with van der Waals surface area (Å²) >= 11 is 1.68. The van der Waals surface area contributed by atoms with Crippen LogP contribution in [0.25, 0.3) is 0 Å². The van der Waals surface area contributed by atoms with Crippen molar-refractivity contribution in [2.24, 2.45) is 5.10 Å². The van der Waals surface area contributed by atoms with Gasteiger partial charge in [0.15, 0.2) is 0 Å². The van der Waals surface area contributed by atoms with Gasteiger partial charge in [0.1, 0.15) is 0 Å². The van der Waals surface area contributed by atoms with Crippen molar-refractivity contribution in [3.63, 3.8) is 0 Å². The van der Waals surface area contributed by atoms with Gasteiger partial charge in [-0.2, -0.15) is 18.4 Å². The van der Waals surface area contributed by atoms with Crippen molar-refractivity contribution >= 4 is 27.1 Å². The minimum atomic E-state index is -3.64. The fraction of sp³-hybridized carbons (Fsp3) is 0.421. The fourth-order valence-electron chi connectivity index (χ4n) is 2.38. The summed E-state index contributed by atoms with van der Waals surface area (Å²) in [6.45, 7) is 6.19. The Balaban J connectivity index is 2.21. The van der Waals surface area contributed by atoms with E-state index < -0.39 is 10.0 Å². The van der Waals surface area contributed by atoms with Gasteiger partial charge < -0.3 is 0 Å². The Bertz CT molecular complexity index is 806. The number of nitrogens with zero attached hydrogens (tertiary/aromatic N) is 1. The van der Waals surface area contributed by atoms with Crippen LogP contribution in [0.4, 0.5) is 0 Å². The minimum absolute atomic E-state index is 0.232. The quantitative estimate of drug-likeness (QED) is 0.384. The van der Waals surface area contributed by atoms with E-state index in [-0.39, 0.29) is 4.90 Å². The van der Waals surface area contributed by atoms with E-state index in [0.29, 0.717) is 0 Å². The lowest BCUT2D eigenvalue weighted by Crippen LogP contribution is -2.20. The Morgan fingerprint density at radius 3 is 2.40 bits per heavy atom. The largest absolute Gasteiger partial charge is 0.276 e. The molecule has 1 aromatic carbocycles. The summed E-state index contributed by atoms with van der Waals surface area (Å²) < 4.78 is 24.9. The van der Waals surface area contributed by atoms with Crippen LogP contribution >= 0.6 is 11.3 Å². The first kappa shape index (κ1) is 19.7. The lowest BCUT2D eigenvalue weighted by Gasteiger charge is -2.07. The van der Waals surface area contributed by atoms with Gasteiger partial charge in [-0.25, -0.2) is 0 Å². The van der Waals surface area contributed by atoms with Crippen molar-refractivity contribution in [3.05, 3.63) is 51.7 Å². The predicted octanol–water partition coefficient (Wildman–Crippen LogP) is 4.88. The summed E-state index contributed by atoms with van der Waals surface area (Å²) in [5, 5.41) is 4.27. The second-order valence-corrected chi connectivity index (χ2v) is 8.87. The van der Waals surface area contributed by atoms with Gasteiger partial charge in [-0.1, -0.05) is 44.4 Å². The average molecular weight is 379 g/mol. The van der Waals surface area contributed by atoms with Crippen molar-refractivity contribution < 1.29 is 8.42 Å². The van der Waals surface area contributed by atoms with Gasteiger partial charge in [-0.15, -0.1) is 11.3 Å². The Kier molecular flexibility index (Phi) is 7.20. The standard InChI is InChI=1S/C19H26N2O2S2/c1-4-6-7-8-18(19-14-11-16(5-2)24-19)20-21-25(22,23)17-12-9-15(3)10-13-17/h9-14,21H,4-8H2,1-3H3/b20-18-. The molecular formula is C19H26N2O2S2. The molecule has 1 aromatic heterocycles. The molecule has 0 radical (unpaired) electrons. The van der Waals surface area contributed by atoms with Crippen LogP contribution < -0.4 is 4.83 Å². The highest BCUT2D eigenvalue weighted by molar-refractivity contribution is 7.89. The highest BCUT2D eigenvalue weighted by atomic mass is 32.2. The van der Waals surface area contributed by atoms with Crippen LogP contribution in [-0.2, 0) is 16.4 Å². The van der Waals surface area contributed by atoms with Gasteiger partial charge in [0.05, 0.1) is 15.5 Å². The van der Waals surface area contributed by atoms with Gasteiger partial charge in [-0.05, 0) is 50.5 Å². The Hall–Kier alpha value is -1.66. The molecule has 4 nitrogen and oxygen atoms in total. The maximum absolute atomic E-state index is 12.5. The molecule has 2 rings (SSSR count). The second kappa shape index (κ2) is 9.15. The number of aryl methyl sites for hydroxylation is 2. The van der Waals surface area contributed by atoms with Crippen LogP contribution in [0.15, 0.2) is 46.4 Å². The lowest BCUT2D eigenvalue weighted by molar-refractivity contribution is 0.584. The monoisotopic (exact) mass is 378 g/mol. The zero-order chi connectivity index (χ0) is 18.3. The number of hydrogen-bond donors (Lipinski definition) is 1. The van der Waals surface area contributed by atoms with Gasteiger partial charge in [0.25, 0.3) is 10.0 Å². The number of rotatable bonds is 9. The number of hydrogen-bond acceptors (Lipinski definition) is 4. The van der Waals surface area contributed by atoms with Crippen LogP contribution in [0.1, 0.15) is 54.8 Å². The summed E-state index contributed by atoms with van der Waals surface area (Å²) in [6, 6.07) is 10.9. The third-order valence-electron chi connectivity index (χ3n) is 3.94. The number of benzene rings is 1. The van der Waals surface area contributed by atoms with Gasteiger partial charge in [0.2, 0.25) is 0 Å². The van der Waals surface area contributed by atoms with Gasteiger partial charge in [0, 0.05) is 4.88 Å². The van der Waals surface area contributed by atoms with E-state index in [2.05, 4.69) is 29.8 Å². The van der Waals surface area contributed by atoms with E-state index in [9.17, 15) is 8.42 Å². The maximum Gasteiger partial charge on any atom is 0.276 e. The topological polar surface area (TPSA) is 58.5 Å². The van der Waals surface area contributed by atoms with E-state index >= 15 is 0 Å². The molecule has 0 aliphatic carbocycles. The van der Waals surface area contributed by atoms with Crippen molar-refractivity contribution in [1.29, 1.82) is 0 Å². The molecule has 0 saturated heterocycles. The average Bonchev–Trinajstić information content (AvgIpc) is 3.07. The molecular weight excluding hydrogens is 352 g/mol. The number of hydrazone groups is 1. The van der Waals surface area contributed by atoms with Crippen LogP contribution in [0.3, 0.4) is 0 Å². The van der Waals surface area contributed by atoms with E-state index in [4.69, 9.17) is 0 Å². The van der Waals surface area contributed by atoms with Gasteiger partial charge in [-0.3, -0.25) is 0 Å². The molecule has 0 aliphatic heterocycles. The number of sulfonamides is 1. The summed E-state index contributed by atoms with van der Waals surface area (Å²) in [7, 11) is -3.64. The first-order valence-corrected chi connectivity index (χ1v) is 11.0. The molecule has 1 heterocycles. The minimum Gasteiger partial charge on any atom is -0.200 e. The Labute approximate surface area is 155 Å². The van der Waals surface area contributed by atoms with E-state index in [1.54, 1.807) is 35.6 Å². The molecule has 0 amide bonds. The molecule has 25 heavy (non-hydrogen) atoms. The normalized spacial score (nSPS) is 12.4. The molecule has 136 valence electrons. The van der Waals surface area contributed by atoms with Crippen molar-refractivity contribution in [1.82, 2.24) is 4.83 Å². The van der Waals surface area contributed by atoms with Crippen LogP contribution in [0.5, 0.6) is 0 Å².